The maximum atomic E-state index is 13.6. The van der Waals surface area contributed by atoms with Gasteiger partial charge in [0.05, 0.1) is 47.3 Å². The number of benzene rings is 2. The number of amides is 2. The number of anilines is 2. The van der Waals surface area contributed by atoms with Crippen LogP contribution in [-0.4, -0.2) is 24.7 Å². The van der Waals surface area contributed by atoms with Gasteiger partial charge in [0.25, 0.3) is 5.91 Å². The number of furan rings is 1. The molecule has 1 aliphatic heterocycles. The van der Waals surface area contributed by atoms with Gasteiger partial charge in [-0.3, -0.25) is 9.59 Å². The number of ether oxygens (including phenoxy) is 1. The highest BCUT2D eigenvalue weighted by Crippen LogP contribution is 2.41. The third-order valence-corrected chi connectivity index (χ3v) is 7.16. The van der Waals surface area contributed by atoms with Crippen LogP contribution in [0.5, 0.6) is 5.75 Å². The summed E-state index contributed by atoms with van der Waals surface area (Å²) in [5.41, 5.74) is 4.46. The second kappa shape index (κ2) is 11.8. The number of nitriles is 1. The highest BCUT2D eigenvalue weighted by Gasteiger charge is 2.36. The zero-order chi connectivity index (χ0) is 27.2. The summed E-state index contributed by atoms with van der Waals surface area (Å²) in [5.74, 6) is -0.164. The maximum Gasteiger partial charge on any atom is 0.254 e. The Labute approximate surface area is 225 Å². The second-order valence-corrected chi connectivity index (χ2v) is 9.74. The summed E-state index contributed by atoms with van der Waals surface area (Å²) < 4.78 is 10.9. The molecule has 9 heteroatoms. The number of para-hydroxylation sites is 1. The fourth-order valence-corrected chi connectivity index (χ4v) is 5.19. The summed E-state index contributed by atoms with van der Waals surface area (Å²) in [4.78, 5) is 26.3. The highest BCUT2D eigenvalue weighted by atomic mass is 32.2. The van der Waals surface area contributed by atoms with Crippen molar-refractivity contribution >= 4 is 35.0 Å². The number of hydrogen-bond acceptors (Lipinski definition) is 7. The van der Waals surface area contributed by atoms with Gasteiger partial charge in [-0.1, -0.05) is 36.0 Å². The van der Waals surface area contributed by atoms with Gasteiger partial charge in [0, 0.05) is 23.1 Å². The van der Waals surface area contributed by atoms with Crippen molar-refractivity contribution < 1.29 is 18.7 Å². The molecule has 3 aromatic rings. The second-order valence-electron chi connectivity index (χ2n) is 8.76. The predicted octanol–water partition coefficient (Wildman–Crippen LogP) is 5.61. The Hall–Kier alpha value is -4.42. The van der Waals surface area contributed by atoms with E-state index >= 15 is 0 Å². The third-order valence-electron chi connectivity index (χ3n) is 6.14. The summed E-state index contributed by atoms with van der Waals surface area (Å²) >= 11 is 1.19. The van der Waals surface area contributed by atoms with Gasteiger partial charge in [0.2, 0.25) is 5.91 Å². The first kappa shape index (κ1) is 26.6. The van der Waals surface area contributed by atoms with Gasteiger partial charge in [-0.2, -0.15) is 5.26 Å². The molecule has 194 valence electrons. The van der Waals surface area contributed by atoms with E-state index in [1.54, 1.807) is 50.4 Å². The van der Waals surface area contributed by atoms with E-state index in [0.29, 0.717) is 39.1 Å². The number of dihydropyridines is 1. The molecule has 0 bridgehead atoms. The van der Waals surface area contributed by atoms with Crippen LogP contribution in [0, 0.1) is 25.2 Å². The number of nitrogens with one attached hydrogen (secondary N) is 3. The molecule has 0 spiro atoms. The van der Waals surface area contributed by atoms with Crippen molar-refractivity contribution in [2.75, 3.05) is 23.5 Å². The van der Waals surface area contributed by atoms with Crippen molar-refractivity contribution in [2.24, 2.45) is 0 Å². The monoisotopic (exact) mass is 528 g/mol. The molecule has 2 amide bonds. The van der Waals surface area contributed by atoms with Crippen molar-refractivity contribution in [3.63, 3.8) is 0 Å². The SMILES string of the molecule is COc1cccc(NC(=O)CSC2=C(C#N)[C@H](c3ccco3)C(C(=O)Nc3c(C)cccc3C)=C(C)N2)c1. The van der Waals surface area contributed by atoms with Crippen LogP contribution in [0.3, 0.4) is 0 Å². The lowest BCUT2D eigenvalue weighted by Gasteiger charge is -2.28. The minimum Gasteiger partial charge on any atom is -0.497 e. The lowest BCUT2D eigenvalue weighted by atomic mass is 9.85. The first-order valence-corrected chi connectivity index (χ1v) is 12.9. The summed E-state index contributed by atoms with van der Waals surface area (Å²) in [6.45, 7) is 5.64. The molecule has 1 atom stereocenters. The average molecular weight is 529 g/mol. The molecule has 0 saturated carbocycles. The number of nitrogens with zero attached hydrogens (tertiary/aromatic N) is 1. The predicted molar refractivity (Wildman–Crippen MR) is 149 cm³/mol. The molecule has 8 nitrogen and oxygen atoms in total. The smallest absolute Gasteiger partial charge is 0.254 e. The van der Waals surface area contributed by atoms with Crippen LogP contribution in [0.2, 0.25) is 0 Å². The molecule has 0 unspecified atom stereocenters. The normalized spacial score (nSPS) is 15.0. The molecule has 4 rings (SSSR count). The number of hydrogen-bond donors (Lipinski definition) is 3. The summed E-state index contributed by atoms with van der Waals surface area (Å²) in [6.07, 6.45) is 1.51. The van der Waals surface area contributed by atoms with Gasteiger partial charge in [-0.05, 0) is 56.2 Å². The van der Waals surface area contributed by atoms with Gasteiger partial charge < -0.3 is 25.1 Å². The third kappa shape index (κ3) is 5.76. The maximum absolute atomic E-state index is 13.6. The van der Waals surface area contributed by atoms with Crippen molar-refractivity contribution in [2.45, 2.75) is 26.7 Å². The molecular formula is C29H28N4O4S. The van der Waals surface area contributed by atoms with Crippen molar-refractivity contribution in [1.29, 1.82) is 5.26 Å². The summed E-state index contributed by atoms with van der Waals surface area (Å²) in [5, 5.41) is 19.7. The van der Waals surface area contributed by atoms with Gasteiger partial charge in [0.15, 0.2) is 0 Å². The van der Waals surface area contributed by atoms with E-state index < -0.39 is 5.92 Å². The lowest BCUT2D eigenvalue weighted by Crippen LogP contribution is -2.31. The molecule has 2 heterocycles. The number of aryl methyl sites for hydroxylation is 2. The van der Waals surface area contributed by atoms with Crippen molar-refractivity contribution in [3.05, 3.63) is 99.6 Å². The molecular weight excluding hydrogens is 500 g/mol. The van der Waals surface area contributed by atoms with Crippen molar-refractivity contribution in [3.8, 4) is 11.8 Å². The van der Waals surface area contributed by atoms with E-state index in [9.17, 15) is 14.9 Å². The van der Waals surface area contributed by atoms with Crippen molar-refractivity contribution in [1.82, 2.24) is 5.32 Å². The molecule has 0 saturated heterocycles. The Kier molecular flexibility index (Phi) is 8.24. The van der Waals surface area contributed by atoms with E-state index in [2.05, 4.69) is 22.0 Å². The minimum atomic E-state index is -0.732. The Morgan fingerprint density at radius 2 is 1.82 bits per heavy atom. The summed E-state index contributed by atoms with van der Waals surface area (Å²) in [6, 6.07) is 18.6. The largest absolute Gasteiger partial charge is 0.497 e. The van der Waals surface area contributed by atoms with Crippen LogP contribution in [0.25, 0.3) is 0 Å². The van der Waals surface area contributed by atoms with E-state index in [0.717, 1.165) is 16.8 Å². The van der Waals surface area contributed by atoms with E-state index in [1.807, 2.05) is 32.0 Å². The van der Waals surface area contributed by atoms with Gasteiger partial charge in [-0.25, -0.2) is 0 Å². The number of rotatable bonds is 8. The molecule has 1 aliphatic rings. The number of allylic oxidation sites excluding steroid dienone is 2. The molecule has 3 N–H and O–H groups in total. The molecule has 38 heavy (non-hydrogen) atoms. The Bertz CT molecular complexity index is 1450. The van der Waals surface area contributed by atoms with Crippen LogP contribution < -0.4 is 20.7 Å². The van der Waals surface area contributed by atoms with Gasteiger partial charge >= 0.3 is 0 Å². The number of thioether (sulfide) groups is 1. The summed E-state index contributed by atoms with van der Waals surface area (Å²) in [7, 11) is 1.56. The minimum absolute atomic E-state index is 0.0484. The fourth-order valence-electron chi connectivity index (χ4n) is 4.30. The highest BCUT2D eigenvalue weighted by molar-refractivity contribution is 8.03. The first-order chi connectivity index (χ1) is 18.3. The Morgan fingerprint density at radius 1 is 1.08 bits per heavy atom. The topological polar surface area (TPSA) is 116 Å². The Morgan fingerprint density at radius 3 is 2.47 bits per heavy atom. The van der Waals surface area contributed by atoms with Crippen LogP contribution >= 0.6 is 11.8 Å². The Balaban J connectivity index is 1.59. The van der Waals surface area contributed by atoms with Crippen LogP contribution in [-0.2, 0) is 9.59 Å². The molecule has 2 aromatic carbocycles. The fraction of sp³-hybridized carbons (Fsp3) is 0.207. The van der Waals surface area contributed by atoms with Crippen LogP contribution in [0.1, 0.15) is 29.7 Å². The number of methoxy groups -OCH3 is 1. The lowest BCUT2D eigenvalue weighted by molar-refractivity contribution is -0.114. The quantitative estimate of drug-likeness (QED) is 0.348. The average Bonchev–Trinajstić information content (AvgIpc) is 3.44. The van der Waals surface area contributed by atoms with E-state index in [1.165, 1.54) is 18.0 Å². The van der Waals surface area contributed by atoms with E-state index in [4.69, 9.17) is 9.15 Å². The number of carbonyl (C=O) groups excluding carboxylic acids is 2. The molecule has 0 radical (unpaired) electrons. The molecule has 0 aliphatic carbocycles. The zero-order valence-electron chi connectivity index (χ0n) is 21.5. The van der Waals surface area contributed by atoms with E-state index in [-0.39, 0.29) is 17.6 Å². The van der Waals surface area contributed by atoms with Gasteiger partial charge in [-0.15, -0.1) is 0 Å². The standard InChI is InChI=1S/C29H28N4O4S/c1-17-8-5-9-18(2)27(17)33-28(35)25-19(3)31-29(22(15-30)26(25)23-12-7-13-37-23)38-16-24(34)32-20-10-6-11-21(14-20)36-4/h5-14,26,31H,16H2,1-4H3,(H,32,34)(H,33,35)/t26-/m1/s1. The first-order valence-electron chi connectivity index (χ1n) is 11.9. The molecule has 1 aromatic heterocycles. The molecule has 0 fully saturated rings. The number of carbonyl (C=O) groups is 2. The van der Waals surface area contributed by atoms with Crippen LogP contribution in [0.4, 0.5) is 11.4 Å². The zero-order valence-corrected chi connectivity index (χ0v) is 22.4. The van der Waals surface area contributed by atoms with Crippen LogP contribution in [0.15, 0.2) is 87.1 Å². The van der Waals surface area contributed by atoms with Gasteiger partial charge in [0.1, 0.15) is 11.5 Å².